The number of ether oxygens (including phenoxy) is 1. The van der Waals surface area contributed by atoms with Crippen molar-refractivity contribution in [2.75, 3.05) is 19.8 Å². The first kappa shape index (κ1) is 20.3. The lowest BCUT2D eigenvalue weighted by atomic mass is 9.77. The summed E-state index contributed by atoms with van der Waals surface area (Å²) in [4.78, 5) is 0. The maximum Gasteiger partial charge on any atom is 0.493 e. The number of unbranched alkanes of at least 4 members (excludes halogenated alkanes) is 6. The van der Waals surface area contributed by atoms with Gasteiger partial charge in [0.15, 0.2) is 0 Å². The molecule has 1 aliphatic rings. The molecule has 0 bridgehead atoms. The first-order valence-electron chi connectivity index (χ1n) is 10.3. The highest BCUT2D eigenvalue weighted by molar-refractivity contribution is 6.61. The smallest absolute Gasteiger partial charge is 0.493 e. The first-order valence-corrected chi connectivity index (χ1v) is 10.3. The van der Waals surface area contributed by atoms with Crippen LogP contribution < -0.4 is 10.2 Å². The lowest BCUT2D eigenvalue weighted by molar-refractivity contribution is 0.0810. The van der Waals surface area contributed by atoms with Crippen LogP contribution in [0.25, 0.3) is 0 Å². The van der Waals surface area contributed by atoms with Gasteiger partial charge in [0.05, 0.1) is 6.61 Å². The maximum atomic E-state index is 5.95. The minimum atomic E-state index is -0.217. The average molecular weight is 346 g/mol. The van der Waals surface area contributed by atoms with Gasteiger partial charge in [-0.3, -0.25) is 0 Å². The fraction of sp³-hybridized carbons (Fsp3) is 0.714. The lowest BCUT2D eigenvalue weighted by Gasteiger charge is -2.27. The van der Waals surface area contributed by atoms with E-state index in [1.807, 2.05) is 12.1 Å². The molecule has 4 heteroatoms. The van der Waals surface area contributed by atoms with Crippen molar-refractivity contribution in [3.63, 3.8) is 0 Å². The second kappa shape index (κ2) is 12.4. The van der Waals surface area contributed by atoms with E-state index in [9.17, 15) is 0 Å². The van der Waals surface area contributed by atoms with Crippen LogP contribution in [-0.2, 0) is 9.31 Å². The van der Waals surface area contributed by atoms with Crippen LogP contribution in [0, 0.1) is 5.92 Å². The molecule has 0 unspecified atom stereocenters. The van der Waals surface area contributed by atoms with Crippen molar-refractivity contribution in [1.29, 1.82) is 0 Å². The fourth-order valence-corrected chi connectivity index (χ4v) is 3.17. The summed E-state index contributed by atoms with van der Waals surface area (Å²) in [6, 6.07) is 8.14. The predicted octanol–water partition coefficient (Wildman–Crippen LogP) is 4.97. The van der Waals surface area contributed by atoms with Crippen molar-refractivity contribution in [3.05, 3.63) is 24.3 Å². The molecule has 0 amide bonds. The van der Waals surface area contributed by atoms with E-state index in [0.29, 0.717) is 5.92 Å². The third-order valence-electron chi connectivity index (χ3n) is 4.85. The number of benzene rings is 1. The molecule has 1 aromatic rings. The molecular weight excluding hydrogens is 311 g/mol. The second-order valence-corrected chi connectivity index (χ2v) is 7.19. The topological polar surface area (TPSA) is 27.7 Å². The summed E-state index contributed by atoms with van der Waals surface area (Å²) < 4.78 is 17.6. The van der Waals surface area contributed by atoms with Gasteiger partial charge in [0.25, 0.3) is 0 Å². The Morgan fingerprint density at radius 3 is 2.20 bits per heavy atom. The Hall–Kier alpha value is -0.995. The Bertz CT molecular complexity index is 441. The summed E-state index contributed by atoms with van der Waals surface area (Å²) in [6.07, 6.45) is 11.6. The zero-order valence-electron chi connectivity index (χ0n) is 16.2. The Labute approximate surface area is 154 Å². The van der Waals surface area contributed by atoms with Crippen molar-refractivity contribution in [2.24, 2.45) is 5.92 Å². The Balaban J connectivity index is 1.62. The number of hydrogen-bond donors (Lipinski definition) is 0. The maximum absolute atomic E-state index is 5.95. The summed E-state index contributed by atoms with van der Waals surface area (Å²) in [7, 11) is -0.217. The Morgan fingerprint density at radius 1 is 0.880 bits per heavy atom. The molecule has 0 saturated carbocycles. The fourth-order valence-electron chi connectivity index (χ4n) is 3.17. The average Bonchev–Trinajstić information content (AvgIpc) is 2.66. The lowest BCUT2D eigenvalue weighted by Crippen LogP contribution is -2.44. The van der Waals surface area contributed by atoms with Crippen molar-refractivity contribution in [1.82, 2.24) is 0 Å². The van der Waals surface area contributed by atoms with Crippen molar-refractivity contribution in [2.45, 2.75) is 71.6 Å². The van der Waals surface area contributed by atoms with E-state index in [1.165, 1.54) is 44.9 Å². The zero-order chi connectivity index (χ0) is 17.7. The molecule has 25 heavy (non-hydrogen) atoms. The van der Waals surface area contributed by atoms with E-state index in [4.69, 9.17) is 14.0 Å². The number of rotatable bonds is 12. The normalized spacial score (nSPS) is 15.5. The summed E-state index contributed by atoms with van der Waals surface area (Å²) in [5, 5.41) is 0. The molecule has 1 heterocycles. The van der Waals surface area contributed by atoms with Crippen LogP contribution >= 0.6 is 0 Å². The monoisotopic (exact) mass is 346 g/mol. The van der Waals surface area contributed by atoms with E-state index in [1.54, 1.807) is 0 Å². The third-order valence-corrected chi connectivity index (χ3v) is 4.85. The second-order valence-electron chi connectivity index (χ2n) is 7.19. The van der Waals surface area contributed by atoms with Gasteiger partial charge in [-0.15, -0.1) is 0 Å². The van der Waals surface area contributed by atoms with Gasteiger partial charge in [0, 0.05) is 19.1 Å². The minimum Gasteiger partial charge on any atom is -0.494 e. The molecule has 1 aromatic carbocycles. The SMILES string of the molecule is CCCCCCCCC1COB(c2ccc(OCCCC)cc2)OC1. The largest absolute Gasteiger partial charge is 0.494 e. The molecule has 1 fully saturated rings. The number of hydrogen-bond acceptors (Lipinski definition) is 3. The molecule has 0 atom stereocenters. The van der Waals surface area contributed by atoms with Crippen LogP contribution in [0.1, 0.15) is 71.6 Å². The van der Waals surface area contributed by atoms with Crippen LogP contribution in [0.15, 0.2) is 24.3 Å². The van der Waals surface area contributed by atoms with Gasteiger partial charge in [-0.05, 0) is 30.4 Å². The van der Waals surface area contributed by atoms with Crippen LogP contribution in [0.4, 0.5) is 0 Å². The highest BCUT2D eigenvalue weighted by Gasteiger charge is 2.28. The van der Waals surface area contributed by atoms with E-state index >= 15 is 0 Å². The molecule has 2 rings (SSSR count). The predicted molar refractivity (Wildman–Crippen MR) is 106 cm³/mol. The standard InChI is InChI=1S/C21H35BO3/c1-3-5-7-8-9-10-11-19-17-24-22(25-18-19)20-12-14-21(15-13-20)23-16-6-4-2/h12-15,19H,3-11,16-18H2,1-2H3. The van der Waals surface area contributed by atoms with E-state index in [-0.39, 0.29) is 7.12 Å². The molecule has 0 radical (unpaired) electrons. The molecule has 3 nitrogen and oxygen atoms in total. The molecule has 0 spiro atoms. The van der Waals surface area contributed by atoms with Gasteiger partial charge < -0.3 is 14.0 Å². The highest BCUT2D eigenvalue weighted by atomic mass is 16.6. The molecule has 140 valence electrons. The van der Waals surface area contributed by atoms with Gasteiger partial charge in [0.1, 0.15) is 5.75 Å². The van der Waals surface area contributed by atoms with Gasteiger partial charge in [-0.2, -0.15) is 0 Å². The molecule has 1 saturated heterocycles. The summed E-state index contributed by atoms with van der Waals surface area (Å²) in [5.41, 5.74) is 1.08. The van der Waals surface area contributed by atoms with Crippen LogP contribution in [0.3, 0.4) is 0 Å². The van der Waals surface area contributed by atoms with Crippen LogP contribution in [0.5, 0.6) is 5.75 Å². The third kappa shape index (κ3) is 7.83. The Kier molecular flexibility index (Phi) is 10.1. The van der Waals surface area contributed by atoms with Crippen molar-refractivity contribution in [3.8, 4) is 5.75 Å². The molecule has 0 N–H and O–H groups in total. The van der Waals surface area contributed by atoms with E-state index < -0.39 is 0 Å². The van der Waals surface area contributed by atoms with Crippen molar-refractivity contribution >= 4 is 12.6 Å². The Morgan fingerprint density at radius 2 is 1.52 bits per heavy atom. The summed E-state index contributed by atoms with van der Waals surface area (Å²) >= 11 is 0. The molecule has 0 aliphatic carbocycles. The highest BCUT2D eigenvalue weighted by Crippen LogP contribution is 2.18. The van der Waals surface area contributed by atoms with Gasteiger partial charge in [-0.25, -0.2) is 0 Å². The van der Waals surface area contributed by atoms with Crippen LogP contribution in [0.2, 0.25) is 0 Å². The summed E-state index contributed by atoms with van der Waals surface area (Å²) in [5.74, 6) is 1.48. The van der Waals surface area contributed by atoms with Crippen LogP contribution in [-0.4, -0.2) is 26.9 Å². The molecule has 1 aliphatic heterocycles. The van der Waals surface area contributed by atoms with E-state index in [0.717, 1.165) is 43.9 Å². The zero-order valence-corrected chi connectivity index (χ0v) is 16.2. The summed E-state index contributed by atoms with van der Waals surface area (Å²) in [6.45, 7) is 6.85. The first-order chi connectivity index (χ1) is 12.3. The van der Waals surface area contributed by atoms with Crippen molar-refractivity contribution < 1.29 is 14.0 Å². The van der Waals surface area contributed by atoms with Gasteiger partial charge in [0.2, 0.25) is 0 Å². The molecular formula is C21H35BO3. The minimum absolute atomic E-state index is 0.217. The van der Waals surface area contributed by atoms with Gasteiger partial charge in [-0.1, -0.05) is 70.9 Å². The quantitative estimate of drug-likeness (QED) is 0.395. The van der Waals surface area contributed by atoms with Gasteiger partial charge >= 0.3 is 7.12 Å². The molecule has 0 aromatic heterocycles. The van der Waals surface area contributed by atoms with E-state index in [2.05, 4.69) is 26.0 Å².